The van der Waals surface area contributed by atoms with Crippen molar-refractivity contribution in [2.45, 2.75) is 52.6 Å². The van der Waals surface area contributed by atoms with Gasteiger partial charge in [-0.25, -0.2) is 4.79 Å². The summed E-state index contributed by atoms with van der Waals surface area (Å²) in [6.07, 6.45) is -0.560. The second-order valence-electron chi connectivity index (χ2n) is 7.32. The molecule has 0 radical (unpaired) electrons. The highest BCUT2D eigenvalue weighted by Gasteiger charge is 2.25. The molecule has 3 heteroatoms. The van der Waals surface area contributed by atoms with Crippen molar-refractivity contribution in [3.63, 3.8) is 0 Å². The van der Waals surface area contributed by atoms with Crippen LogP contribution in [0.25, 0.3) is 0 Å². The topological polar surface area (TPSA) is 46.5 Å². The van der Waals surface area contributed by atoms with Crippen LogP contribution < -0.4 is 4.74 Å². The Bertz CT molecular complexity index is 726. The van der Waals surface area contributed by atoms with Crippen molar-refractivity contribution < 1.29 is 14.6 Å². The van der Waals surface area contributed by atoms with Crippen LogP contribution in [0.2, 0.25) is 0 Å². The second-order valence-corrected chi connectivity index (χ2v) is 7.32. The Morgan fingerprint density at radius 2 is 1.79 bits per heavy atom. The molecule has 3 nitrogen and oxygen atoms in total. The zero-order valence-electron chi connectivity index (χ0n) is 15.1. The van der Waals surface area contributed by atoms with Gasteiger partial charge in [-0.15, -0.1) is 0 Å². The summed E-state index contributed by atoms with van der Waals surface area (Å²) in [7, 11) is 0. The molecule has 0 heterocycles. The van der Waals surface area contributed by atoms with E-state index in [1.54, 1.807) is 0 Å². The maximum absolute atomic E-state index is 11.7. The number of benzene rings is 2. The van der Waals surface area contributed by atoms with Gasteiger partial charge in [0, 0.05) is 6.42 Å². The lowest BCUT2D eigenvalue weighted by Gasteiger charge is -2.25. The molecule has 0 aromatic heterocycles. The normalized spacial score (nSPS) is 12.7. The monoisotopic (exact) mass is 326 g/mol. The molecule has 128 valence electrons. The lowest BCUT2D eigenvalue weighted by molar-refractivity contribution is -0.145. The molecule has 0 bridgehead atoms. The number of hydrogen-bond acceptors (Lipinski definition) is 2. The van der Waals surface area contributed by atoms with E-state index in [1.165, 1.54) is 5.56 Å². The predicted octanol–water partition coefficient (Wildman–Crippen LogP) is 4.68. The number of carboxylic acid groups (broad SMARTS) is 1. The first-order chi connectivity index (χ1) is 11.2. The van der Waals surface area contributed by atoms with Gasteiger partial charge in [0.25, 0.3) is 0 Å². The molecule has 0 saturated carbocycles. The number of hydrogen-bond donors (Lipinski definition) is 1. The van der Waals surface area contributed by atoms with E-state index in [-0.39, 0.29) is 5.41 Å². The molecular weight excluding hydrogens is 300 g/mol. The molecule has 0 amide bonds. The van der Waals surface area contributed by atoms with E-state index in [4.69, 9.17) is 4.74 Å². The minimum absolute atomic E-state index is 0.112. The highest BCUT2D eigenvalue weighted by atomic mass is 16.5. The fraction of sp³-hybridized carbons (Fsp3) is 0.381. The Balaban J connectivity index is 2.29. The largest absolute Gasteiger partial charge is 0.478 e. The van der Waals surface area contributed by atoms with Crippen LogP contribution in [-0.4, -0.2) is 17.2 Å². The third-order valence-electron chi connectivity index (χ3n) is 4.14. The van der Waals surface area contributed by atoms with E-state index < -0.39 is 12.1 Å². The van der Waals surface area contributed by atoms with Crippen LogP contribution in [0.3, 0.4) is 0 Å². The van der Waals surface area contributed by atoms with Crippen molar-refractivity contribution in [3.8, 4) is 5.75 Å². The minimum atomic E-state index is -0.946. The first-order valence-electron chi connectivity index (χ1n) is 8.23. The number of aliphatic carboxylic acids is 1. The molecule has 0 aliphatic heterocycles. The molecule has 0 fully saturated rings. The van der Waals surface area contributed by atoms with Gasteiger partial charge in [0.1, 0.15) is 5.75 Å². The molecule has 0 unspecified atom stereocenters. The van der Waals surface area contributed by atoms with Crippen LogP contribution in [0.15, 0.2) is 42.5 Å². The van der Waals surface area contributed by atoms with Crippen molar-refractivity contribution in [2.24, 2.45) is 0 Å². The summed E-state index contributed by atoms with van der Waals surface area (Å²) in [4.78, 5) is 11.7. The minimum Gasteiger partial charge on any atom is -0.478 e. The molecule has 0 aliphatic rings. The zero-order valence-corrected chi connectivity index (χ0v) is 15.1. The molecule has 2 rings (SSSR count). The molecule has 2 aromatic carbocycles. The lowest BCUT2D eigenvalue weighted by atomic mass is 9.86. The van der Waals surface area contributed by atoms with Crippen molar-refractivity contribution in [2.75, 3.05) is 0 Å². The first kappa shape index (κ1) is 18.1. The van der Waals surface area contributed by atoms with Crippen molar-refractivity contribution in [3.05, 3.63) is 64.7 Å². The summed E-state index contributed by atoms with van der Waals surface area (Å²) in [6.45, 7) is 10.3. The fourth-order valence-electron chi connectivity index (χ4n) is 2.80. The Kier molecular flexibility index (Phi) is 5.33. The van der Waals surface area contributed by atoms with Gasteiger partial charge in [0.05, 0.1) is 0 Å². The first-order valence-corrected chi connectivity index (χ1v) is 8.23. The standard InChI is InChI=1S/C21H26O3/c1-14-10-11-16(15(2)12-14)13-19(20(22)23)24-18-9-7-6-8-17(18)21(3,4)5/h6-12,19H,13H2,1-5H3,(H,22,23)/t19-/m1/s1. The Labute approximate surface area is 144 Å². The van der Waals surface area contributed by atoms with Crippen molar-refractivity contribution in [1.82, 2.24) is 0 Å². The molecule has 0 aliphatic carbocycles. The van der Waals surface area contributed by atoms with E-state index in [0.717, 1.165) is 16.7 Å². The Morgan fingerprint density at radius 1 is 1.12 bits per heavy atom. The number of para-hydroxylation sites is 1. The van der Waals surface area contributed by atoms with E-state index in [1.807, 2.05) is 50.2 Å². The molecule has 2 aromatic rings. The summed E-state index contributed by atoms with van der Waals surface area (Å²) in [5, 5.41) is 9.61. The van der Waals surface area contributed by atoms with Crippen molar-refractivity contribution in [1.29, 1.82) is 0 Å². The average molecular weight is 326 g/mol. The van der Waals surface area contributed by atoms with Crippen LogP contribution in [0.1, 0.15) is 43.0 Å². The smallest absolute Gasteiger partial charge is 0.345 e. The molecule has 1 N–H and O–H groups in total. The summed E-state index contributed by atoms with van der Waals surface area (Å²) >= 11 is 0. The highest BCUT2D eigenvalue weighted by Crippen LogP contribution is 2.32. The van der Waals surface area contributed by atoms with Crippen LogP contribution in [0.5, 0.6) is 5.75 Å². The van der Waals surface area contributed by atoms with Gasteiger partial charge in [-0.2, -0.15) is 0 Å². The van der Waals surface area contributed by atoms with Crippen LogP contribution >= 0.6 is 0 Å². The van der Waals surface area contributed by atoms with Gasteiger partial charge in [0.2, 0.25) is 0 Å². The Morgan fingerprint density at radius 3 is 2.38 bits per heavy atom. The molecule has 0 saturated heterocycles. The zero-order chi connectivity index (χ0) is 17.9. The van der Waals surface area contributed by atoms with Gasteiger partial charge >= 0.3 is 5.97 Å². The number of ether oxygens (including phenoxy) is 1. The summed E-state index contributed by atoms with van der Waals surface area (Å²) < 4.78 is 5.92. The second kappa shape index (κ2) is 7.08. The summed E-state index contributed by atoms with van der Waals surface area (Å²) in [5.41, 5.74) is 4.16. The van der Waals surface area contributed by atoms with Gasteiger partial charge in [0.15, 0.2) is 6.10 Å². The maximum Gasteiger partial charge on any atom is 0.345 e. The third-order valence-corrected chi connectivity index (χ3v) is 4.14. The van der Waals surface area contributed by atoms with E-state index >= 15 is 0 Å². The van der Waals surface area contributed by atoms with E-state index in [2.05, 4.69) is 26.8 Å². The highest BCUT2D eigenvalue weighted by molar-refractivity contribution is 5.73. The molecular formula is C21H26O3. The van der Waals surface area contributed by atoms with Gasteiger partial charge in [-0.3, -0.25) is 0 Å². The fourth-order valence-corrected chi connectivity index (χ4v) is 2.80. The van der Waals surface area contributed by atoms with Crippen LogP contribution in [0.4, 0.5) is 0 Å². The predicted molar refractivity (Wildman–Crippen MR) is 96.8 cm³/mol. The summed E-state index contributed by atoms with van der Waals surface area (Å²) in [5.74, 6) is -0.305. The van der Waals surface area contributed by atoms with Gasteiger partial charge in [-0.1, -0.05) is 62.7 Å². The van der Waals surface area contributed by atoms with E-state index in [9.17, 15) is 9.90 Å². The van der Waals surface area contributed by atoms with Gasteiger partial charge in [-0.05, 0) is 42.0 Å². The Hall–Kier alpha value is -2.29. The number of aryl methyl sites for hydroxylation is 2. The SMILES string of the molecule is Cc1ccc(C[C@@H](Oc2ccccc2C(C)(C)C)C(=O)O)c(C)c1. The molecule has 1 atom stereocenters. The molecule has 24 heavy (non-hydrogen) atoms. The number of rotatable bonds is 5. The maximum atomic E-state index is 11.7. The third kappa shape index (κ3) is 4.38. The number of carbonyl (C=O) groups is 1. The van der Waals surface area contributed by atoms with Crippen LogP contribution in [0, 0.1) is 13.8 Å². The molecule has 0 spiro atoms. The van der Waals surface area contributed by atoms with Gasteiger partial charge < -0.3 is 9.84 Å². The quantitative estimate of drug-likeness (QED) is 0.868. The van der Waals surface area contributed by atoms with Crippen LogP contribution in [-0.2, 0) is 16.6 Å². The number of carboxylic acids is 1. The van der Waals surface area contributed by atoms with Crippen molar-refractivity contribution >= 4 is 5.97 Å². The summed E-state index contributed by atoms with van der Waals surface area (Å²) in [6, 6.07) is 13.7. The van der Waals surface area contributed by atoms with E-state index in [0.29, 0.717) is 12.2 Å². The lowest BCUT2D eigenvalue weighted by Crippen LogP contribution is -2.30. The average Bonchev–Trinajstić information content (AvgIpc) is 2.48.